The Morgan fingerprint density at radius 2 is 1.57 bits per heavy atom. The minimum absolute atomic E-state index is 0.201. The number of pyridine rings is 1. The highest BCUT2D eigenvalue weighted by Gasteiger charge is 2.36. The maximum absolute atomic E-state index is 14.0. The Morgan fingerprint density at radius 1 is 0.973 bits per heavy atom. The number of fused-ring (bicyclic) bond motifs is 1. The fourth-order valence-corrected chi connectivity index (χ4v) is 5.50. The van der Waals surface area contributed by atoms with Crippen molar-refractivity contribution in [3.05, 3.63) is 85.9 Å². The Balaban J connectivity index is 1.86. The first-order valence-corrected chi connectivity index (χ1v) is 12.7. The van der Waals surface area contributed by atoms with Gasteiger partial charge in [-0.2, -0.15) is 17.2 Å². The van der Waals surface area contributed by atoms with Gasteiger partial charge in [0.1, 0.15) is 10.5 Å². The standard InChI is InChI=1S/C24H17BrF5NO5S/c1-11-8-16(24(2,35-3)10-14(11)25)31-15-6-5-13(9-12(15)4-7-17(31)32)37(33,34)36-23-21(29)19(27)18(26)20(28)22(23)30/h4-9H,10H2,1-3H3. The van der Waals surface area contributed by atoms with Gasteiger partial charge in [0.2, 0.25) is 34.8 Å². The molecule has 0 amide bonds. The monoisotopic (exact) mass is 605 g/mol. The predicted molar refractivity (Wildman–Crippen MR) is 128 cm³/mol. The molecule has 3 aromatic rings. The summed E-state index contributed by atoms with van der Waals surface area (Å²) >= 11 is 3.49. The minimum Gasteiger partial charge on any atom is -0.372 e. The van der Waals surface area contributed by atoms with Gasteiger partial charge >= 0.3 is 10.1 Å². The molecule has 0 fully saturated rings. The highest BCUT2D eigenvalue weighted by Crippen LogP contribution is 2.40. The summed E-state index contributed by atoms with van der Waals surface area (Å²) in [4.78, 5) is 12.3. The van der Waals surface area contributed by atoms with Crippen LogP contribution >= 0.6 is 15.9 Å². The van der Waals surface area contributed by atoms with Gasteiger partial charge in [0.25, 0.3) is 5.56 Å². The number of methoxy groups -OCH3 is 1. The van der Waals surface area contributed by atoms with Gasteiger partial charge in [-0.05, 0) is 49.8 Å². The highest BCUT2D eigenvalue weighted by molar-refractivity contribution is 9.11. The molecule has 1 aliphatic carbocycles. The van der Waals surface area contributed by atoms with E-state index in [-0.39, 0.29) is 10.9 Å². The van der Waals surface area contributed by atoms with Gasteiger partial charge in [-0.15, -0.1) is 0 Å². The highest BCUT2D eigenvalue weighted by atomic mass is 79.9. The van der Waals surface area contributed by atoms with Crippen molar-refractivity contribution in [3.8, 4) is 5.75 Å². The van der Waals surface area contributed by atoms with Gasteiger partial charge < -0.3 is 8.92 Å². The molecule has 4 rings (SSSR count). The largest absolute Gasteiger partial charge is 0.372 e. The van der Waals surface area contributed by atoms with E-state index >= 15 is 0 Å². The zero-order chi connectivity index (χ0) is 27.4. The lowest BCUT2D eigenvalue weighted by Crippen LogP contribution is -2.37. The van der Waals surface area contributed by atoms with Gasteiger partial charge in [0, 0.05) is 29.5 Å². The third-order valence-electron chi connectivity index (χ3n) is 6.02. The molecule has 0 radical (unpaired) electrons. The van der Waals surface area contributed by atoms with E-state index in [1.54, 1.807) is 13.0 Å². The van der Waals surface area contributed by atoms with Crippen LogP contribution in [0.25, 0.3) is 16.6 Å². The van der Waals surface area contributed by atoms with Crippen molar-refractivity contribution in [3.63, 3.8) is 0 Å². The van der Waals surface area contributed by atoms with Gasteiger partial charge in [-0.25, -0.2) is 13.2 Å². The third-order valence-corrected chi connectivity index (χ3v) is 8.15. The minimum atomic E-state index is -5.06. The Bertz CT molecular complexity index is 1670. The summed E-state index contributed by atoms with van der Waals surface area (Å²) in [5.74, 6) is -14.0. The number of allylic oxidation sites excluding steroid dienone is 2. The van der Waals surface area contributed by atoms with Crippen LogP contribution in [0, 0.1) is 29.1 Å². The second kappa shape index (κ2) is 9.37. The Morgan fingerprint density at radius 3 is 2.16 bits per heavy atom. The van der Waals surface area contributed by atoms with Crippen LogP contribution in [-0.2, 0) is 14.9 Å². The van der Waals surface area contributed by atoms with Crippen LogP contribution in [0.3, 0.4) is 0 Å². The molecule has 0 saturated heterocycles. The van der Waals surface area contributed by atoms with Crippen LogP contribution < -0.4 is 9.74 Å². The predicted octanol–water partition coefficient (Wildman–Crippen LogP) is 5.78. The molecule has 0 saturated carbocycles. The van der Waals surface area contributed by atoms with E-state index < -0.39 is 61.0 Å². The van der Waals surface area contributed by atoms with E-state index in [9.17, 15) is 35.2 Å². The van der Waals surface area contributed by atoms with Crippen LogP contribution in [0.2, 0.25) is 0 Å². The molecule has 0 spiro atoms. The third kappa shape index (κ3) is 4.48. The zero-order valence-corrected chi connectivity index (χ0v) is 21.7. The van der Waals surface area contributed by atoms with E-state index in [0.29, 0.717) is 12.1 Å². The molecular weight excluding hydrogens is 589 g/mol. The molecule has 0 bridgehead atoms. The summed E-state index contributed by atoms with van der Waals surface area (Å²) in [5.41, 5.74) is 0.198. The van der Waals surface area contributed by atoms with Gasteiger partial charge in [0.15, 0.2) is 0 Å². The number of halogens is 6. The molecule has 1 heterocycles. The number of hydrogen-bond acceptors (Lipinski definition) is 5. The quantitative estimate of drug-likeness (QED) is 0.159. The van der Waals surface area contributed by atoms with Crippen molar-refractivity contribution in [2.75, 3.05) is 7.11 Å². The first-order valence-electron chi connectivity index (χ1n) is 10.5. The molecule has 196 valence electrons. The van der Waals surface area contributed by atoms with Crippen molar-refractivity contribution in [2.45, 2.75) is 30.8 Å². The van der Waals surface area contributed by atoms with Crippen LogP contribution in [0.1, 0.15) is 20.3 Å². The van der Waals surface area contributed by atoms with E-state index in [1.165, 1.54) is 29.9 Å². The number of benzene rings is 2. The SMILES string of the molecule is COC1(C)CC(Br)=C(C)C=C1n1c(=O)ccc2cc(S(=O)(=O)Oc3c(F)c(F)c(F)c(F)c3F)ccc21. The van der Waals surface area contributed by atoms with Crippen molar-refractivity contribution < 1.29 is 39.3 Å². The lowest BCUT2D eigenvalue weighted by atomic mass is 9.89. The van der Waals surface area contributed by atoms with Crippen molar-refractivity contribution in [2.24, 2.45) is 0 Å². The van der Waals surface area contributed by atoms with Crippen LogP contribution in [0.4, 0.5) is 22.0 Å². The van der Waals surface area contributed by atoms with Crippen LogP contribution in [0.15, 0.2) is 56.2 Å². The molecular formula is C24H17BrF5NO5S. The van der Waals surface area contributed by atoms with Crippen molar-refractivity contribution in [1.82, 2.24) is 4.57 Å². The first kappa shape index (κ1) is 27.0. The maximum Gasteiger partial charge on any atom is 0.339 e. The molecule has 13 heteroatoms. The lowest BCUT2D eigenvalue weighted by Gasteiger charge is -2.35. The van der Waals surface area contributed by atoms with Crippen LogP contribution in [0.5, 0.6) is 5.75 Å². The topological polar surface area (TPSA) is 74.6 Å². The molecule has 1 unspecified atom stereocenters. The molecule has 6 nitrogen and oxygen atoms in total. The zero-order valence-electron chi connectivity index (χ0n) is 19.3. The second-order valence-corrected chi connectivity index (χ2v) is 10.9. The lowest BCUT2D eigenvalue weighted by molar-refractivity contribution is 0.0541. The van der Waals surface area contributed by atoms with Gasteiger partial charge in [0.05, 0.1) is 11.2 Å². The maximum atomic E-state index is 14.0. The second-order valence-electron chi connectivity index (χ2n) is 8.39. The average molecular weight is 606 g/mol. The number of hydrogen-bond donors (Lipinski definition) is 0. The number of rotatable bonds is 5. The van der Waals surface area contributed by atoms with E-state index in [0.717, 1.165) is 22.2 Å². The normalized spacial score (nSPS) is 18.4. The molecule has 1 aliphatic rings. The molecule has 0 aliphatic heterocycles. The summed E-state index contributed by atoms with van der Waals surface area (Å²) in [7, 11) is -3.59. The summed E-state index contributed by atoms with van der Waals surface area (Å²) in [6, 6.07) is 5.77. The molecule has 1 atom stereocenters. The summed E-state index contributed by atoms with van der Waals surface area (Å²) < 4.78 is 106. The summed E-state index contributed by atoms with van der Waals surface area (Å²) in [5, 5.41) is 0.201. The average Bonchev–Trinajstić information content (AvgIpc) is 2.86. The van der Waals surface area contributed by atoms with Gasteiger partial charge in [-0.1, -0.05) is 15.9 Å². The van der Waals surface area contributed by atoms with Crippen LogP contribution in [-0.4, -0.2) is 25.7 Å². The first-order chi connectivity index (χ1) is 17.2. The molecule has 37 heavy (non-hydrogen) atoms. The van der Waals surface area contributed by atoms with Crippen molar-refractivity contribution >= 4 is 42.6 Å². The smallest absolute Gasteiger partial charge is 0.339 e. The molecule has 2 aromatic carbocycles. The van der Waals surface area contributed by atoms with E-state index in [4.69, 9.17) is 4.74 Å². The molecule has 1 aromatic heterocycles. The van der Waals surface area contributed by atoms with E-state index in [1.807, 2.05) is 6.92 Å². The number of nitrogens with zero attached hydrogens (tertiary/aromatic N) is 1. The summed E-state index contributed by atoms with van der Waals surface area (Å²) in [6.07, 6.45) is 2.15. The van der Waals surface area contributed by atoms with E-state index in [2.05, 4.69) is 20.1 Å². The Labute approximate surface area is 215 Å². The Kier molecular flexibility index (Phi) is 6.84. The number of aromatic nitrogens is 1. The van der Waals surface area contributed by atoms with Crippen molar-refractivity contribution in [1.29, 1.82) is 0 Å². The fraction of sp³-hybridized carbons (Fsp3) is 0.208. The summed E-state index contributed by atoms with van der Waals surface area (Å²) in [6.45, 7) is 3.60. The Hall–Kier alpha value is -3.03. The molecule has 0 N–H and O–H groups in total. The number of ether oxygens (including phenoxy) is 1. The fourth-order valence-electron chi connectivity index (χ4n) is 3.88. The van der Waals surface area contributed by atoms with Gasteiger partial charge in [-0.3, -0.25) is 9.36 Å².